The van der Waals surface area contributed by atoms with Crippen molar-refractivity contribution in [1.82, 2.24) is 14.5 Å². The number of anilines is 1. The van der Waals surface area contributed by atoms with E-state index in [4.69, 9.17) is 9.47 Å². The van der Waals surface area contributed by atoms with Crippen LogP contribution in [0.4, 0.5) is 10.6 Å². The Morgan fingerprint density at radius 3 is 2.62 bits per heavy atom. The van der Waals surface area contributed by atoms with E-state index in [1.807, 2.05) is 64.1 Å². The van der Waals surface area contributed by atoms with Gasteiger partial charge in [0.25, 0.3) is 0 Å². The predicted octanol–water partition coefficient (Wildman–Crippen LogP) is 5.48. The first-order chi connectivity index (χ1) is 17.4. The van der Waals surface area contributed by atoms with Gasteiger partial charge in [0.2, 0.25) is 0 Å². The van der Waals surface area contributed by atoms with E-state index in [0.717, 1.165) is 26.6 Å². The third kappa shape index (κ3) is 4.69. The molecule has 2 atom stereocenters. The number of rotatable bonds is 2. The molecule has 2 aromatic carbocycles. The summed E-state index contributed by atoms with van der Waals surface area (Å²) < 4.78 is 14.5. The number of aromatic nitrogens is 2. The number of ether oxygens (including phenoxy) is 2. The predicted molar refractivity (Wildman–Crippen MR) is 148 cm³/mol. The first kappa shape index (κ1) is 25.6. The summed E-state index contributed by atoms with van der Waals surface area (Å²) in [5.74, 6) is 1.48. The Bertz CT molecular complexity index is 1430. The molecule has 0 unspecified atom stereocenters. The van der Waals surface area contributed by atoms with E-state index < -0.39 is 5.60 Å². The average Bonchev–Trinajstić information content (AvgIpc) is 2.94. The van der Waals surface area contributed by atoms with Crippen molar-refractivity contribution in [3.8, 4) is 11.4 Å². The van der Waals surface area contributed by atoms with Crippen molar-refractivity contribution in [2.24, 2.45) is 0 Å². The lowest BCUT2D eigenvalue weighted by Gasteiger charge is -2.44. The molecule has 8 nitrogen and oxygen atoms in total. The third-order valence-corrected chi connectivity index (χ3v) is 7.33. The average molecular weight is 570 g/mol. The monoisotopic (exact) mass is 568 g/mol. The Morgan fingerprint density at radius 2 is 1.92 bits per heavy atom. The van der Waals surface area contributed by atoms with Crippen molar-refractivity contribution in [1.29, 1.82) is 0 Å². The topological polar surface area (TPSA) is 76.9 Å². The molecule has 5 rings (SSSR count). The van der Waals surface area contributed by atoms with E-state index in [2.05, 4.69) is 39.7 Å². The summed E-state index contributed by atoms with van der Waals surface area (Å²) in [6.07, 6.45) is -0.344. The van der Waals surface area contributed by atoms with Gasteiger partial charge in [0.05, 0.1) is 22.6 Å². The zero-order valence-electron chi connectivity index (χ0n) is 22.1. The van der Waals surface area contributed by atoms with Crippen LogP contribution in [0.3, 0.4) is 0 Å². The second-order valence-corrected chi connectivity index (χ2v) is 12.1. The molecule has 3 aromatic rings. The molecule has 2 aliphatic heterocycles. The standard InChI is InChI=1S/C28H33BrN4O4/c1-16(2)20-9-7-8-10-21(20)33-22-11-18(29)12-23-24(22)25(30-26(33)34)32-13-17(3)31(14-19(32)15-36-23)27(35)37-28(4,5)6/h7-12,16-17,19H,13-15H2,1-6H3/t17-,19-/m0/s1. The van der Waals surface area contributed by atoms with Crippen molar-refractivity contribution in [3.63, 3.8) is 0 Å². The van der Waals surface area contributed by atoms with Crippen LogP contribution in [0.25, 0.3) is 16.6 Å². The van der Waals surface area contributed by atoms with Crippen LogP contribution in [-0.4, -0.2) is 57.9 Å². The van der Waals surface area contributed by atoms with Gasteiger partial charge in [-0.3, -0.25) is 4.57 Å². The van der Waals surface area contributed by atoms with Crippen LogP contribution in [-0.2, 0) is 4.74 Å². The Balaban J connectivity index is 1.65. The van der Waals surface area contributed by atoms with Crippen molar-refractivity contribution in [3.05, 3.63) is 56.9 Å². The second kappa shape index (κ2) is 9.35. The summed E-state index contributed by atoms with van der Waals surface area (Å²) in [7, 11) is 0. The lowest BCUT2D eigenvalue weighted by Crippen LogP contribution is -2.61. The van der Waals surface area contributed by atoms with Gasteiger partial charge in [-0.05, 0) is 57.4 Å². The number of carbonyl (C=O) groups excluding carboxylic acids is 1. The molecule has 0 bridgehead atoms. The normalized spacial score (nSPS) is 19.5. The molecular formula is C28H33BrN4O4. The van der Waals surface area contributed by atoms with Crippen molar-refractivity contribution in [2.45, 2.75) is 65.1 Å². The Hall–Kier alpha value is -3.07. The minimum atomic E-state index is -0.582. The van der Waals surface area contributed by atoms with Gasteiger partial charge in [0, 0.05) is 23.6 Å². The summed E-state index contributed by atoms with van der Waals surface area (Å²) in [4.78, 5) is 35.2. The van der Waals surface area contributed by atoms with Gasteiger partial charge in [0.15, 0.2) is 0 Å². The highest BCUT2D eigenvalue weighted by atomic mass is 79.9. The SMILES string of the molecule is CC(C)c1ccccc1-n1c(=O)nc2c3c(cc(Br)cc31)OC[C@@H]1CN(C(=O)OC(C)(C)C)[C@@H](C)CN21. The summed E-state index contributed by atoms with van der Waals surface area (Å²) in [5, 5.41) is 0.793. The van der Waals surface area contributed by atoms with E-state index in [-0.39, 0.29) is 29.8 Å². The van der Waals surface area contributed by atoms with Gasteiger partial charge in [-0.2, -0.15) is 4.98 Å². The van der Waals surface area contributed by atoms with Crippen molar-refractivity contribution < 1.29 is 14.3 Å². The molecule has 2 aliphatic rings. The van der Waals surface area contributed by atoms with Crippen LogP contribution in [0.5, 0.6) is 5.75 Å². The number of nitrogens with zero attached hydrogens (tertiary/aromatic N) is 4. The van der Waals surface area contributed by atoms with Gasteiger partial charge >= 0.3 is 11.8 Å². The van der Waals surface area contributed by atoms with Crippen molar-refractivity contribution >= 4 is 38.7 Å². The minimum absolute atomic E-state index is 0.135. The Labute approximate surface area is 225 Å². The molecule has 0 N–H and O–H groups in total. The maximum atomic E-state index is 13.7. The lowest BCUT2D eigenvalue weighted by molar-refractivity contribution is 0.0109. The van der Waals surface area contributed by atoms with Crippen LogP contribution in [0.15, 0.2) is 45.7 Å². The molecule has 0 saturated carbocycles. The van der Waals surface area contributed by atoms with Crippen molar-refractivity contribution in [2.75, 3.05) is 24.6 Å². The Kier molecular flexibility index (Phi) is 6.46. The number of carbonyl (C=O) groups is 1. The highest BCUT2D eigenvalue weighted by Crippen LogP contribution is 2.40. The van der Waals surface area contributed by atoms with E-state index >= 15 is 0 Å². The lowest BCUT2D eigenvalue weighted by atomic mass is 10.0. The molecule has 1 fully saturated rings. The summed E-state index contributed by atoms with van der Waals surface area (Å²) in [6, 6.07) is 11.5. The first-order valence-corrected chi connectivity index (χ1v) is 13.5. The molecule has 9 heteroatoms. The number of halogens is 1. The van der Waals surface area contributed by atoms with Gasteiger partial charge < -0.3 is 19.3 Å². The number of piperazine rings is 1. The number of fused-ring (bicyclic) bond motifs is 2. The molecular weight excluding hydrogens is 536 g/mol. The van der Waals surface area contributed by atoms with Gasteiger partial charge in [0.1, 0.15) is 23.8 Å². The van der Waals surface area contributed by atoms with E-state index in [0.29, 0.717) is 31.3 Å². The highest BCUT2D eigenvalue weighted by Gasteiger charge is 2.40. The summed E-state index contributed by atoms with van der Waals surface area (Å²) in [6.45, 7) is 13.1. The van der Waals surface area contributed by atoms with Gasteiger partial charge in [-0.1, -0.05) is 48.0 Å². The maximum Gasteiger partial charge on any atom is 0.410 e. The molecule has 3 heterocycles. The maximum absolute atomic E-state index is 13.7. The van der Waals surface area contributed by atoms with Gasteiger partial charge in [-0.25, -0.2) is 9.59 Å². The fourth-order valence-corrected chi connectivity index (χ4v) is 5.63. The molecule has 0 radical (unpaired) electrons. The molecule has 1 amide bonds. The summed E-state index contributed by atoms with van der Waals surface area (Å²) >= 11 is 3.62. The third-order valence-electron chi connectivity index (χ3n) is 6.88. The first-order valence-electron chi connectivity index (χ1n) is 12.7. The van der Waals surface area contributed by atoms with E-state index in [9.17, 15) is 9.59 Å². The number of para-hydroxylation sites is 1. The zero-order valence-corrected chi connectivity index (χ0v) is 23.7. The van der Waals surface area contributed by atoms with Crippen LogP contribution in [0.2, 0.25) is 0 Å². The smallest absolute Gasteiger partial charge is 0.410 e. The highest BCUT2D eigenvalue weighted by molar-refractivity contribution is 9.10. The zero-order chi connectivity index (χ0) is 26.6. The second-order valence-electron chi connectivity index (χ2n) is 11.2. The largest absolute Gasteiger partial charge is 0.490 e. The molecule has 1 saturated heterocycles. The van der Waals surface area contributed by atoms with E-state index in [1.54, 1.807) is 9.47 Å². The van der Waals surface area contributed by atoms with E-state index in [1.165, 1.54) is 0 Å². The molecule has 196 valence electrons. The van der Waals surface area contributed by atoms with Crippen LogP contribution < -0.4 is 15.3 Å². The molecule has 0 aliphatic carbocycles. The molecule has 0 spiro atoms. The minimum Gasteiger partial charge on any atom is -0.490 e. The molecule has 37 heavy (non-hydrogen) atoms. The summed E-state index contributed by atoms with van der Waals surface area (Å²) in [5.41, 5.74) is 1.68. The fraction of sp³-hybridized carbons (Fsp3) is 0.464. The van der Waals surface area contributed by atoms with Crippen LogP contribution in [0, 0.1) is 0 Å². The molecule has 1 aromatic heterocycles. The number of hydrogen-bond donors (Lipinski definition) is 0. The van der Waals surface area contributed by atoms with Gasteiger partial charge in [-0.15, -0.1) is 0 Å². The Morgan fingerprint density at radius 1 is 1.19 bits per heavy atom. The number of benzene rings is 2. The van der Waals surface area contributed by atoms with Crippen LogP contribution in [0.1, 0.15) is 53.0 Å². The number of hydrogen-bond acceptors (Lipinski definition) is 6. The fourth-order valence-electron chi connectivity index (χ4n) is 5.20. The quantitative estimate of drug-likeness (QED) is 0.407. The number of amides is 1. The van der Waals surface area contributed by atoms with Crippen LogP contribution >= 0.6 is 15.9 Å².